The molecule has 3 rings (SSSR count). The van der Waals surface area contributed by atoms with Gasteiger partial charge in [0.15, 0.2) is 5.96 Å². The van der Waals surface area contributed by atoms with Crippen molar-refractivity contribution in [2.45, 2.75) is 31.5 Å². The van der Waals surface area contributed by atoms with Crippen molar-refractivity contribution in [1.29, 1.82) is 0 Å². The molecule has 0 radical (unpaired) electrons. The van der Waals surface area contributed by atoms with Crippen molar-refractivity contribution >= 4 is 5.96 Å². The van der Waals surface area contributed by atoms with Crippen LogP contribution in [0.2, 0.25) is 0 Å². The lowest BCUT2D eigenvalue weighted by Crippen LogP contribution is -2.55. The zero-order valence-electron chi connectivity index (χ0n) is 10.7. The Labute approximate surface area is 107 Å². The number of guanidine groups is 1. The summed E-state index contributed by atoms with van der Waals surface area (Å²) in [6.45, 7) is 4.49. The highest BCUT2D eigenvalue weighted by Gasteiger charge is 2.50. The summed E-state index contributed by atoms with van der Waals surface area (Å²) < 4.78 is 5.74. The van der Waals surface area contributed by atoms with Crippen LogP contribution >= 0.6 is 0 Å². The lowest BCUT2D eigenvalue weighted by atomic mass is 9.90. The van der Waals surface area contributed by atoms with Gasteiger partial charge in [-0.2, -0.15) is 0 Å². The van der Waals surface area contributed by atoms with Crippen molar-refractivity contribution in [2.75, 3.05) is 13.2 Å². The number of rotatable bonds is 2. The van der Waals surface area contributed by atoms with Crippen molar-refractivity contribution in [1.82, 2.24) is 4.90 Å². The maximum Gasteiger partial charge on any atom is 0.192 e. The van der Waals surface area contributed by atoms with Gasteiger partial charge in [0.05, 0.1) is 18.2 Å². The van der Waals surface area contributed by atoms with E-state index in [0.29, 0.717) is 5.96 Å². The number of nitrogens with zero attached hydrogens (tertiary/aromatic N) is 2. The Balaban J connectivity index is 1.86. The van der Waals surface area contributed by atoms with Crippen LogP contribution in [-0.2, 0) is 11.3 Å². The molecule has 1 aromatic rings. The van der Waals surface area contributed by atoms with E-state index in [1.54, 1.807) is 0 Å². The number of hydrogen-bond acceptors (Lipinski definition) is 4. The van der Waals surface area contributed by atoms with E-state index in [9.17, 15) is 0 Å². The lowest BCUT2D eigenvalue weighted by Gasteiger charge is -2.38. The maximum atomic E-state index is 6.06. The van der Waals surface area contributed by atoms with Crippen LogP contribution in [0.4, 0.5) is 0 Å². The zero-order chi connectivity index (χ0) is 12.6. The zero-order valence-corrected chi connectivity index (χ0v) is 10.7. The Morgan fingerprint density at radius 2 is 2.22 bits per heavy atom. The molecule has 0 saturated carbocycles. The first-order valence-electron chi connectivity index (χ1n) is 6.45. The molecule has 96 valence electrons. The summed E-state index contributed by atoms with van der Waals surface area (Å²) in [5.74, 6) is 0.649. The first kappa shape index (κ1) is 11.5. The van der Waals surface area contributed by atoms with Gasteiger partial charge in [-0.25, -0.2) is 0 Å². The van der Waals surface area contributed by atoms with Crippen LogP contribution < -0.4 is 5.73 Å². The van der Waals surface area contributed by atoms with Crippen LogP contribution in [0, 0.1) is 0 Å². The van der Waals surface area contributed by atoms with Crippen LogP contribution in [-0.4, -0.2) is 35.7 Å². The third kappa shape index (κ3) is 1.68. The molecule has 1 saturated heterocycles. The van der Waals surface area contributed by atoms with E-state index >= 15 is 0 Å². The molecule has 4 nitrogen and oxygen atoms in total. The predicted octanol–water partition coefficient (Wildman–Crippen LogP) is 1.36. The average molecular weight is 245 g/mol. The summed E-state index contributed by atoms with van der Waals surface area (Å²) in [7, 11) is 0. The van der Waals surface area contributed by atoms with Crippen molar-refractivity contribution in [3.05, 3.63) is 35.9 Å². The van der Waals surface area contributed by atoms with E-state index in [0.717, 1.165) is 26.1 Å². The normalized spacial score (nSPS) is 31.1. The molecule has 1 spiro atoms. The largest absolute Gasteiger partial charge is 0.376 e. The summed E-state index contributed by atoms with van der Waals surface area (Å²) in [5.41, 5.74) is 7.30. The summed E-state index contributed by atoms with van der Waals surface area (Å²) in [6, 6.07) is 10.4. The van der Waals surface area contributed by atoms with Crippen molar-refractivity contribution < 1.29 is 4.74 Å². The van der Waals surface area contributed by atoms with Gasteiger partial charge in [-0.05, 0) is 18.9 Å². The molecule has 2 atom stereocenters. The minimum Gasteiger partial charge on any atom is -0.376 e. The van der Waals surface area contributed by atoms with Crippen molar-refractivity contribution in [3.63, 3.8) is 0 Å². The Kier molecular flexibility index (Phi) is 2.74. The predicted molar refractivity (Wildman–Crippen MR) is 71.2 cm³/mol. The van der Waals surface area contributed by atoms with Gasteiger partial charge in [0.2, 0.25) is 0 Å². The van der Waals surface area contributed by atoms with Gasteiger partial charge in [-0.3, -0.25) is 4.99 Å². The summed E-state index contributed by atoms with van der Waals surface area (Å²) in [6.07, 6.45) is 1.19. The molecule has 18 heavy (non-hydrogen) atoms. The first-order valence-corrected chi connectivity index (χ1v) is 6.45. The summed E-state index contributed by atoms with van der Waals surface area (Å²) in [4.78, 5) is 6.66. The second-order valence-electron chi connectivity index (χ2n) is 5.11. The molecule has 2 unspecified atom stereocenters. The van der Waals surface area contributed by atoms with E-state index in [2.05, 4.69) is 41.1 Å². The molecular formula is C14H19N3O. The molecule has 4 heteroatoms. The van der Waals surface area contributed by atoms with Gasteiger partial charge in [-0.15, -0.1) is 0 Å². The first-order chi connectivity index (χ1) is 8.72. The number of ether oxygens (including phenoxy) is 1. The Morgan fingerprint density at radius 3 is 2.89 bits per heavy atom. The fourth-order valence-corrected chi connectivity index (χ4v) is 2.95. The maximum absolute atomic E-state index is 6.06. The van der Waals surface area contributed by atoms with Gasteiger partial charge in [0.1, 0.15) is 0 Å². The van der Waals surface area contributed by atoms with Crippen LogP contribution in [0.1, 0.15) is 18.9 Å². The highest BCUT2D eigenvalue weighted by Crippen LogP contribution is 2.36. The Bertz CT molecular complexity index is 459. The van der Waals surface area contributed by atoms with E-state index in [4.69, 9.17) is 10.5 Å². The van der Waals surface area contributed by atoms with E-state index in [1.165, 1.54) is 5.56 Å². The lowest BCUT2D eigenvalue weighted by molar-refractivity contribution is 0.0534. The molecule has 1 fully saturated rings. The SMILES string of the molecule is CC1OCCC12CN=C(N)N2Cc1ccccc1. The number of aliphatic imine (C=N–C) groups is 1. The molecule has 2 aliphatic heterocycles. The fourth-order valence-electron chi connectivity index (χ4n) is 2.95. The second kappa shape index (κ2) is 4.28. The van der Waals surface area contributed by atoms with Crippen LogP contribution in [0.25, 0.3) is 0 Å². The van der Waals surface area contributed by atoms with Crippen molar-refractivity contribution in [2.24, 2.45) is 10.7 Å². The molecule has 0 bridgehead atoms. The standard InChI is InChI=1S/C14H19N3O/c1-11-14(7-8-18-11)10-16-13(15)17(14)9-12-5-3-2-4-6-12/h2-6,11H,7-10H2,1H3,(H2,15,16). The molecule has 2 aliphatic rings. The van der Waals surface area contributed by atoms with Gasteiger partial charge >= 0.3 is 0 Å². The van der Waals surface area contributed by atoms with Crippen LogP contribution in [0.15, 0.2) is 35.3 Å². The average Bonchev–Trinajstić information content (AvgIpc) is 2.90. The summed E-state index contributed by atoms with van der Waals surface area (Å²) >= 11 is 0. The molecule has 1 aromatic carbocycles. The van der Waals surface area contributed by atoms with Gasteiger partial charge < -0.3 is 15.4 Å². The molecule has 2 N–H and O–H groups in total. The monoisotopic (exact) mass is 245 g/mol. The van der Waals surface area contributed by atoms with Crippen LogP contribution in [0.3, 0.4) is 0 Å². The molecule has 0 aromatic heterocycles. The Morgan fingerprint density at radius 1 is 1.44 bits per heavy atom. The molecule has 0 aliphatic carbocycles. The van der Waals surface area contributed by atoms with Crippen LogP contribution in [0.5, 0.6) is 0 Å². The van der Waals surface area contributed by atoms with Gasteiger partial charge in [0, 0.05) is 13.2 Å². The number of benzene rings is 1. The van der Waals surface area contributed by atoms with Gasteiger partial charge in [-0.1, -0.05) is 30.3 Å². The smallest absolute Gasteiger partial charge is 0.192 e. The minimum atomic E-state index is -0.0279. The topological polar surface area (TPSA) is 50.9 Å². The van der Waals surface area contributed by atoms with Gasteiger partial charge in [0.25, 0.3) is 0 Å². The quantitative estimate of drug-likeness (QED) is 0.856. The highest BCUT2D eigenvalue weighted by molar-refractivity contribution is 5.81. The number of nitrogens with two attached hydrogens (primary N) is 1. The van der Waals surface area contributed by atoms with E-state index in [1.807, 2.05) is 6.07 Å². The highest BCUT2D eigenvalue weighted by atomic mass is 16.5. The third-order valence-corrected chi connectivity index (χ3v) is 4.17. The molecular weight excluding hydrogens is 226 g/mol. The molecule has 0 amide bonds. The third-order valence-electron chi connectivity index (χ3n) is 4.17. The fraction of sp³-hybridized carbons (Fsp3) is 0.500. The second-order valence-corrected chi connectivity index (χ2v) is 5.11. The number of hydrogen-bond donors (Lipinski definition) is 1. The van der Waals surface area contributed by atoms with E-state index < -0.39 is 0 Å². The minimum absolute atomic E-state index is 0.0279. The van der Waals surface area contributed by atoms with E-state index in [-0.39, 0.29) is 11.6 Å². The molecule has 2 heterocycles. The van der Waals surface area contributed by atoms with Crippen molar-refractivity contribution in [3.8, 4) is 0 Å². The summed E-state index contributed by atoms with van der Waals surface area (Å²) in [5, 5.41) is 0. The Hall–Kier alpha value is -1.55.